The van der Waals surface area contributed by atoms with Gasteiger partial charge in [-0.05, 0) is 44.0 Å². The van der Waals surface area contributed by atoms with Crippen LogP contribution in [0.2, 0.25) is 0 Å². The minimum Gasteiger partial charge on any atom is -0.507 e. The van der Waals surface area contributed by atoms with Gasteiger partial charge in [-0.15, -0.1) is 0 Å². The lowest BCUT2D eigenvalue weighted by Crippen LogP contribution is -2.54. The van der Waals surface area contributed by atoms with E-state index < -0.39 is 71.5 Å². The minimum atomic E-state index is -2.00. The monoisotopic (exact) mass is 616 g/mol. The molecule has 0 radical (unpaired) electrons. The minimum absolute atomic E-state index is 0.00381. The molecule has 11 heteroatoms. The second kappa shape index (κ2) is 11.3. The Morgan fingerprint density at radius 2 is 1.76 bits per heavy atom. The predicted molar refractivity (Wildman–Crippen MR) is 162 cm³/mol. The number of nitrogens with two attached hydrogens (primary N) is 1. The molecule has 0 spiro atoms. The molecule has 45 heavy (non-hydrogen) atoms. The molecule has 2 aliphatic carbocycles. The van der Waals surface area contributed by atoms with E-state index in [9.17, 15) is 34.8 Å². The molecule has 4 unspecified atom stereocenters. The number of fused-ring (bicyclic) bond motifs is 3. The van der Waals surface area contributed by atoms with Crippen LogP contribution in [0.5, 0.6) is 11.5 Å². The summed E-state index contributed by atoms with van der Waals surface area (Å²) in [6, 6.07) is 11.6. The summed E-state index contributed by atoms with van der Waals surface area (Å²) in [5.74, 6) is -3.02. The molecule has 0 saturated carbocycles. The van der Waals surface area contributed by atoms with E-state index in [1.165, 1.54) is 13.0 Å². The van der Waals surface area contributed by atoms with Gasteiger partial charge in [0.1, 0.15) is 17.1 Å². The van der Waals surface area contributed by atoms with Crippen molar-refractivity contribution in [1.29, 1.82) is 0 Å². The molecule has 3 aromatic carbocycles. The second-order valence-electron chi connectivity index (χ2n) is 12.3. The maximum Gasteiger partial charge on any atom is 0.198 e. The van der Waals surface area contributed by atoms with E-state index in [0.29, 0.717) is 17.8 Å². The number of nitrogens with one attached hydrogen (secondary N) is 1. The van der Waals surface area contributed by atoms with E-state index in [-0.39, 0.29) is 46.2 Å². The van der Waals surface area contributed by atoms with Crippen LogP contribution in [0.1, 0.15) is 86.9 Å². The molecular formula is C34H36N2O9. The highest BCUT2D eigenvalue weighted by Crippen LogP contribution is 2.52. The number of rotatable bonds is 6. The van der Waals surface area contributed by atoms with Gasteiger partial charge in [-0.2, -0.15) is 0 Å². The number of aromatic hydroxyl groups is 2. The molecule has 0 aromatic heterocycles. The van der Waals surface area contributed by atoms with Crippen molar-refractivity contribution in [3.63, 3.8) is 0 Å². The van der Waals surface area contributed by atoms with Crippen LogP contribution in [0.4, 0.5) is 5.69 Å². The smallest absolute Gasteiger partial charge is 0.198 e. The average molecular weight is 617 g/mol. The molecule has 1 aliphatic heterocycles. The van der Waals surface area contributed by atoms with Crippen molar-refractivity contribution >= 4 is 23.0 Å². The predicted octanol–water partition coefficient (Wildman–Crippen LogP) is 2.74. The Morgan fingerprint density at radius 3 is 2.44 bits per heavy atom. The normalized spacial score (nSPS) is 27.4. The van der Waals surface area contributed by atoms with Crippen LogP contribution in [-0.2, 0) is 27.2 Å². The number of carbonyl (C=O) groups is 3. The summed E-state index contributed by atoms with van der Waals surface area (Å²) in [5, 5.41) is 48.8. The standard InChI is InChI=1S/C34H36N2O9/c1-15-5-4-6-20-25(15)32(41)28-27(30(20)39)31(40)21-12-34(43,17(3)37)13-23(26(21)33(28)42)45-24-11-22(29(38)16(2)44-24)36-14-18-7-9-19(35)10-8-18/h4-10,16,22-24,29,36,38,40,42-43H,11-14,35H2,1-3H3/t16?,22?,23-,24?,29?,34-/m0/s1. The Labute approximate surface area is 259 Å². The fourth-order valence-corrected chi connectivity index (χ4v) is 6.75. The molecule has 6 rings (SSSR count). The van der Waals surface area contributed by atoms with E-state index in [1.807, 2.05) is 12.1 Å². The molecule has 3 aliphatic rings. The third kappa shape index (κ3) is 5.20. The third-order valence-corrected chi connectivity index (χ3v) is 9.33. The maximum absolute atomic E-state index is 13.8. The van der Waals surface area contributed by atoms with Crippen LogP contribution in [0, 0.1) is 6.92 Å². The lowest BCUT2D eigenvalue weighted by molar-refractivity contribution is -0.249. The zero-order chi connectivity index (χ0) is 32.4. The van der Waals surface area contributed by atoms with Gasteiger partial charge in [0.2, 0.25) is 0 Å². The topological polar surface area (TPSA) is 189 Å². The summed E-state index contributed by atoms with van der Waals surface area (Å²) < 4.78 is 12.3. The van der Waals surface area contributed by atoms with Gasteiger partial charge in [-0.3, -0.25) is 14.4 Å². The first-order valence-electron chi connectivity index (χ1n) is 14.9. The molecule has 1 saturated heterocycles. The Kier molecular flexibility index (Phi) is 7.78. The number of phenolic OH excluding ortho intramolecular Hbond substituents is 2. The number of ether oxygens (including phenoxy) is 2. The Bertz CT molecular complexity index is 1720. The molecule has 0 amide bonds. The third-order valence-electron chi connectivity index (χ3n) is 9.33. The fourth-order valence-electron chi connectivity index (χ4n) is 6.75. The van der Waals surface area contributed by atoms with Crippen LogP contribution in [0.25, 0.3) is 0 Å². The van der Waals surface area contributed by atoms with Gasteiger partial charge in [0.15, 0.2) is 23.6 Å². The summed E-state index contributed by atoms with van der Waals surface area (Å²) in [5.41, 5.74) is 5.34. The van der Waals surface area contributed by atoms with Crippen molar-refractivity contribution in [2.45, 2.75) is 82.8 Å². The number of ketones is 3. The number of hydrogen-bond donors (Lipinski definition) is 6. The number of aliphatic hydroxyl groups excluding tert-OH is 1. The Hall–Kier alpha value is -4.13. The number of Topliss-reactive ketones (excluding diaryl/α,β-unsaturated/α-hetero) is 1. The highest BCUT2D eigenvalue weighted by molar-refractivity contribution is 6.31. The zero-order valence-electron chi connectivity index (χ0n) is 25.2. The lowest BCUT2D eigenvalue weighted by atomic mass is 9.71. The van der Waals surface area contributed by atoms with E-state index >= 15 is 0 Å². The number of aliphatic hydroxyl groups is 2. The number of phenols is 2. The fraction of sp³-hybridized carbons (Fsp3) is 0.382. The van der Waals surface area contributed by atoms with Gasteiger partial charge >= 0.3 is 0 Å². The van der Waals surface area contributed by atoms with Crippen LogP contribution in [-0.4, -0.2) is 67.9 Å². The van der Waals surface area contributed by atoms with E-state index in [1.54, 1.807) is 38.1 Å². The average Bonchev–Trinajstić information content (AvgIpc) is 2.99. The van der Waals surface area contributed by atoms with E-state index in [0.717, 1.165) is 5.56 Å². The number of hydrogen-bond acceptors (Lipinski definition) is 11. The highest BCUT2D eigenvalue weighted by Gasteiger charge is 2.49. The SMILES string of the molecule is CC(=O)[C@]1(O)Cc2c(O)c3c(c(O)c2[C@@H](OC2CC(NCc4ccc(N)cc4)C(O)C(C)O2)C1)C(=O)c1c(C)cccc1C3=O. The summed E-state index contributed by atoms with van der Waals surface area (Å²) in [6.45, 7) is 4.99. The molecular weight excluding hydrogens is 580 g/mol. The second-order valence-corrected chi connectivity index (χ2v) is 12.3. The Morgan fingerprint density at radius 1 is 1.07 bits per heavy atom. The first kappa shape index (κ1) is 30.9. The molecule has 7 N–H and O–H groups in total. The van der Waals surface area contributed by atoms with Gasteiger partial charge in [-0.25, -0.2) is 0 Å². The Balaban J connectivity index is 1.37. The van der Waals surface area contributed by atoms with Crippen LogP contribution >= 0.6 is 0 Å². The molecule has 6 atom stereocenters. The first-order valence-corrected chi connectivity index (χ1v) is 14.9. The summed E-state index contributed by atoms with van der Waals surface area (Å²) >= 11 is 0. The first-order chi connectivity index (χ1) is 21.3. The van der Waals surface area contributed by atoms with Crippen molar-refractivity contribution in [2.24, 2.45) is 0 Å². The van der Waals surface area contributed by atoms with Crippen molar-refractivity contribution in [2.75, 3.05) is 5.73 Å². The van der Waals surface area contributed by atoms with Crippen LogP contribution in [0.15, 0.2) is 42.5 Å². The van der Waals surface area contributed by atoms with Crippen molar-refractivity contribution in [1.82, 2.24) is 5.32 Å². The number of benzene rings is 3. The number of anilines is 1. The van der Waals surface area contributed by atoms with Crippen LogP contribution in [0.3, 0.4) is 0 Å². The summed E-state index contributed by atoms with van der Waals surface area (Å²) in [6.07, 6.45) is -4.30. The zero-order valence-corrected chi connectivity index (χ0v) is 25.2. The maximum atomic E-state index is 13.8. The van der Waals surface area contributed by atoms with Gasteiger partial charge in [0, 0.05) is 59.8 Å². The van der Waals surface area contributed by atoms with Crippen molar-refractivity contribution in [3.8, 4) is 11.5 Å². The molecule has 236 valence electrons. The van der Waals surface area contributed by atoms with Gasteiger partial charge in [0.25, 0.3) is 0 Å². The van der Waals surface area contributed by atoms with E-state index in [2.05, 4.69) is 5.32 Å². The van der Waals surface area contributed by atoms with E-state index in [4.69, 9.17) is 15.2 Å². The molecule has 11 nitrogen and oxygen atoms in total. The summed E-state index contributed by atoms with van der Waals surface area (Å²) in [7, 11) is 0. The quantitative estimate of drug-likeness (QED) is 0.138. The number of nitrogen functional groups attached to an aromatic ring is 1. The van der Waals surface area contributed by atoms with Gasteiger partial charge in [0.05, 0.1) is 29.4 Å². The molecule has 1 heterocycles. The number of aryl methyl sites for hydroxylation is 1. The highest BCUT2D eigenvalue weighted by atomic mass is 16.7. The van der Waals surface area contributed by atoms with Gasteiger partial charge < -0.3 is 41.0 Å². The summed E-state index contributed by atoms with van der Waals surface area (Å²) in [4.78, 5) is 40.1. The molecule has 0 bridgehead atoms. The molecule has 1 fully saturated rings. The largest absolute Gasteiger partial charge is 0.507 e. The lowest BCUT2D eigenvalue weighted by Gasteiger charge is -2.43. The van der Waals surface area contributed by atoms with Crippen molar-refractivity contribution in [3.05, 3.63) is 87.0 Å². The number of carbonyl (C=O) groups excluding carboxylic acids is 3. The molecule has 3 aromatic rings. The van der Waals surface area contributed by atoms with Crippen molar-refractivity contribution < 1.29 is 44.3 Å². The van der Waals surface area contributed by atoms with Gasteiger partial charge in [-0.1, -0.05) is 30.3 Å². The van der Waals surface area contributed by atoms with Crippen LogP contribution < -0.4 is 11.1 Å².